The van der Waals surface area contributed by atoms with Gasteiger partial charge < -0.3 is 14.7 Å². The molecule has 1 aliphatic heterocycles. The summed E-state index contributed by atoms with van der Waals surface area (Å²) in [5.74, 6) is -0.986. The van der Waals surface area contributed by atoms with Crippen LogP contribution in [0.15, 0.2) is 18.2 Å². The van der Waals surface area contributed by atoms with Gasteiger partial charge in [0.25, 0.3) is 5.91 Å². The lowest BCUT2D eigenvalue weighted by atomic mass is 9.97. The van der Waals surface area contributed by atoms with Crippen molar-refractivity contribution in [1.82, 2.24) is 4.90 Å². The van der Waals surface area contributed by atoms with Crippen LogP contribution in [0, 0.1) is 6.92 Å². The summed E-state index contributed by atoms with van der Waals surface area (Å²) in [6.45, 7) is 5.56. The van der Waals surface area contributed by atoms with Crippen molar-refractivity contribution in [3.8, 4) is 5.75 Å². The van der Waals surface area contributed by atoms with Crippen LogP contribution in [0.25, 0.3) is 0 Å². The number of esters is 1. The number of hydrogen-bond donors (Lipinski definition) is 1. The predicted molar refractivity (Wildman–Crippen MR) is 82.7 cm³/mol. The van der Waals surface area contributed by atoms with Gasteiger partial charge in [-0.2, -0.15) is 0 Å². The number of piperidine rings is 1. The Hall–Kier alpha value is -2.04. The number of phenolic OH excluding ortho intramolecular Hbond substituents is 1. The molecule has 2 unspecified atom stereocenters. The van der Waals surface area contributed by atoms with Gasteiger partial charge >= 0.3 is 5.97 Å². The minimum Gasteiger partial charge on any atom is -0.507 e. The third-order valence-corrected chi connectivity index (χ3v) is 4.18. The van der Waals surface area contributed by atoms with Crippen LogP contribution in [-0.4, -0.2) is 40.6 Å². The first-order valence-corrected chi connectivity index (χ1v) is 7.68. The fourth-order valence-corrected chi connectivity index (χ4v) is 3.01. The minimum absolute atomic E-state index is 0.0816. The van der Waals surface area contributed by atoms with Crippen molar-refractivity contribution in [3.05, 3.63) is 29.3 Å². The van der Waals surface area contributed by atoms with Crippen molar-refractivity contribution >= 4 is 11.9 Å². The molecule has 2 atom stereocenters. The highest BCUT2D eigenvalue weighted by atomic mass is 16.5. The smallest absolute Gasteiger partial charge is 0.342 e. The summed E-state index contributed by atoms with van der Waals surface area (Å²) >= 11 is 0. The molecule has 1 amide bonds. The number of ether oxygens (including phenoxy) is 1. The third kappa shape index (κ3) is 3.59. The number of benzene rings is 1. The van der Waals surface area contributed by atoms with E-state index in [2.05, 4.69) is 0 Å². The van der Waals surface area contributed by atoms with Gasteiger partial charge in [0.15, 0.2) is 6.61 Å². The molecule has 22 heavy (non-hydrogen) atoms. The number of hydrogen-bond acceptors (Lipinski definition) is 4. The van der Waals surface area contributed by atoms with Crippen LogP contribution in [0.2, 0.25) is 0 Å². The number of aryl methyl sites for hydroxylation is 1. The topological polar surface area (TPSA) is 66.8 Å². The van der Waals surface area contributed by atoms with E-state index in [-0.39, 0.29) is 35.9 Å². The quantitative estimate of drug-likeness (QED) is 0.872. The maximum Gasteiger partial charge on any atom is 0.342 e. The zero-order valence-corrected chi connectivity index (χ0v) is 13.3. The lowest BCUT2D eigenvalue weighted by molar-refractivity contribution is -0.140. The van der Waals surface area contributed by atoms with E-state index in [1.807, 2.05) is 20.8 Å². The summed E-state index contributed by atoms with van der Waals surface area (Å²) in [4.78, 5) is 26.1. The summed E-state index contributed by atoms with van der Waals surface area (Å²) in [5.41, 5.74) is 0.930. The lowest BCUT2D eigenvalue weighted by Gasteiger charge is -2.38. The lowest BCUT2D eigenvalue weighted by Crippen LogP contribution is -2.49. The van der Waals surface area contributed by atoms with Crippen molar-refractivity contribution in [3.63, 3.8) is 0 Å². The van der Waals surface area contributed by atoms with Gasteiger partial charge in [-0.05, 0) is 57.7 Å². The highest BCUT2D eigenvalue weighted by Gasteiger charge is 2.29. The van der Waals surface area contributed by atoms with E-state index in [1.54, 1.807) is 11.0 Å². The Morgan fingerprint density at radius 2 is 1.91 bits per heavy atom. The van der Waals surface area contributed by atoms with Crippen molar-refractivity contribution in [1.29, 1.82) is 0 Å². The summed E-state index contributed by atoms with van der Waals surface area (Å²) in [6, 6.07) is 5.05. The van der Waals surface area contributed by atoms with Crippen LogP contribution in [0.5, 0.6) is 5.75 Å². The Balaban J connectivity index is 1.97. The van der Waals surface area contributed by atoms with Gasteiger partial charge in [-0.1, -0.05) is 6.07 Å². The normalized spacial score (nSPS) is 21.5. The van der Waals surface area contributed by atoms with Gasteiger partial charge in [0.05, 0.1) is 0 Å². The zero-order valence-electron chi connectivity index (χ0n) is 13.3. The molecule has 1 N–H and O–H groups in total. The standard InChI is InChI=1S/C17H23NO4/c1-11-7-8-14(15(19)9-11)17(21)22-10-16(20)18-12(2)5-4-6-13(18)3/h7-9,12-13,19H,4-6,10H2,1-3H3. The number of phenols is 1. The molecule has 0 saturated carbocycles. The van der Waals surface area contributed by atoms with Crippen LogP contribution >= 0.6 is 0 Å². The van der Waals surface area contributed by atoms with Gasteiger partial charge in [0.1, 0.15) is 11.3 Å². The van der Waals surface area contributed by atoms with Gasteiger partial charge in [-0.3, -0.25) is 4.79 Å². The molecule has 0 bridgehead atoms. The van der Waals surface area contributed by atoms with Crippen LogP contribution < -0.4 is 0 Å². The highest BCUT2D eigenvalue weighted by Crippen LogP contribution is 2.23. The fourth-order valence-electron chi connectivity index (χ4n) is 3.01. The second-order valence-corrected chi connectivity index (χ2v) is 6.03. The van der Waals surface area contributed by atoms with E-state index in [1.165, 1.54) is 12.1 Å². The van der Waals surface area contributed by atoms with Crippen molar-refractivity contribution in [2.24, 2.45) is 0 Å². The molecule has 1 saturated heterocycles. The van der Waals surface area contributed by atoms with E-state index in [4.69, 9.17) is 4.74 Å². The Morgan fingerprint density at radius 1 is 1.27 bits per heavy atom. The maximum absolute atomic E-state index is 12.3. The molecule has 1 aromatic carbocycles. The number of nitrogens with zero attached hydrogens (tertiary/aromatic N) is 1. The molecule has 5 heteroatoms. The summed E-state index contributed by atoms with van der Waals surface area (Å²) in [5, 5.41) is 9.76. The number of carbonyl (C=O) groups is 2. The predicted octanol–water partition coefficient (Wildman–Crippen LogP) is 2.65. The second-order valence-electron chi connectivity index (χ2n) is 6.03. The summed E-state index contributed by atoms with van der Waals surface area (Å²) in [7, 11) is 0. The molecule has 1 aromatic rings. The maximum atomic E-state index is 12.3. The second kappa shape index (κ2) is 6.81. The Kier molecular flexibility index (Phi) is 5.06. The van der Waals surface area contributed by atoms with E-state index in [9.17, 15) is 14.7 Å². The first-order valence-electron chi connectivity index (χ1n) is 7.68. The Bertz CT molecular complexity index is 560. The molecule has 0 radical (unpaired) electrons. The van der Waals surface area contributed by atoms with Gasteiger partial charge in [-0.15, -0.1) is 0 Å². The van der Waals surface area contributed by atoms with Gasteiger partial charge in [0.2, 0.25) is 0 Å². The van der Waals surface area contributed by atoms with E-state index < -0.39 is 5.97 Å². The molecule has 120 valence electrons. The van der Waals surface area contributed by atoms with E-state index in [0.717, 1.165) is 24.8 Å². The molecule has 5 nitrogen and oxygen atoms in total. The number of aromatic hydroxyl groups is 1. The average Bonchev–Trinajstić information content (AvgIpc) is 2.44. The molecule has 1 aliphatic rings. The molecular weight excluding hydrogens is 282 g/mol. The molecule has 0 spiro atoms. The number of amides is 1. The SMILES string of the molecule is Cc1ccc(C(=O)OCC(=O)N2C(C)CCCC2C)c(O)c1. The van der Waals surface area contributed by atoms with Crippen LogP contribution in [0.3, 0.4) is 0 Å². The van der Waals surface area contributed by atoms with Crippen molar-refractivity contribution < 1.29 is 19.4 Å². The van der Waals surface area contributed by atoms with Crippen molar-refractivity contribution in [2.45, 2.75) is 52.1 Å². The molecule has 0 aliphatic carbocycles. The highest BCUT2D eigenvalue weighted by molar-refractivity contribution is 5.94. The first-order chi connectivity index (χ1) is 10.4. The van der Waals surface area contributed by atoms with Crippen LogP contribution in [0.1, 0.15) is 49.0 Å². The first kappa shape index (κ1) is 16.3. The van der Waals surface area contributed by atoms with Crippen molar-refractivity contribution in [2.75, 3.05) is 6.61 Å². The van der Waals surface area contributed by atoms with E-state index >= 15 is 0 Å². The molecule has 0 aromatic heterocycles. The monoisotopic (exact) mass is 305 g/mol. The summed E-state index contributed by atoms with van der Waals surface area (Å²) < 4.78 is 5.07. The molecule has 2 rings (SSSR count). The van der Waals surface area contributed by atoms with Gasteiger partial charge in [-0.25, -0.2) is 4.79 Å². The minimum atomic E-state index is -0.678. The molecular formula is C17H23NO4. The van der Waals surface area contributed by atoms with Crippen LogP contribution in [-0.2, 0) is 9.53 Å². The number of likely N-dealkylation sites (tertiary alicyclic amines) is 1. The fraction of sp³-hybridized carbons (Fsp3) is 0.529. The Morgan fingerprint density at radius 3 is 2.50 bits per heavy atom. The van der Waals surface area contributed by atoms with Crippen LogP contribution in [0.4, 0.5) is 0 Å². The zero-order chi connectivity index (χ0) is 16.3. The number of rotatable bonds is 3. The Labute approximate surface area is 130 Å². The van der Waals surface area contributed by atoms with E-state index in [0.29, 0.717) is 0 Å². The number of carbonyl (C=O) groups excluding carboxylic acids is 2. The molecule has 1 heterocycles. The average molecular weight is 305 g/mol. The van der Waals surface area contributed by atoms with Gasteiger partial charge in [0, 0.05) is 12.1 Å². The summed E-state index contributed by atoms with van der Waals surface area (Å²) in [6.07, 6.45) is 3.06. The molecule has 1 fully saturated rings. The largest absolute Gasteiger partial charge is 0.507 e. The third-order valence-electron chi connectivity index (χ3n) is 4.18.